The fourth-order valence-electron chi connectivity index (χ4n) is 4.00. The standard InChI is InChI=1S/C23H14F3NO2/c24-15-5-1-13(2-6-15)23(14-3-7-16(25)8-4-14)12-19-18-11-17(26)9-10-20(18)27-21(19)22(28)29-23/h1-11,27H,12H2. The Morgan fingerprint density at radius 3 is 1.93 bits per heavy atom. The molecule has 5 rings (SSSR count). The number of hydrogen-bond acceptors (Lipinski definition) is 2. The highest BCUT2D eigenvalue weighted by atomic mass is 19.1. The highest BCUT2D eigenvalue weighted by Gasteiger charge is 2.45. The summed E-state index contributed by atoms with van der Waals surface area (Å²) in [7, 11) is 0. The molecule has 0 saturated heterocycles. The van der Waals surface area contributed by atoms with Gasteiger partial charge in [0.25, 0.3) is 0 Å². The maximum atomic E-state index is 13.9. The Morgan fingerprint density at radius 2 is 1.34 bits per heavy atom. The number of aromatic nitrogens is 1. The van der Waals surface area contributed by atoms with Crippen LogP contribution >= 0.6 is 0 Å². The van der Waals surface area contributed by atoms with E-state index in [1.54, 1.807) is 6.07 Å². The zero-order valence-corrected chi connectivity index (χ0v) is 15.0. The van der Waals surface area contributed by atoms with E-state index in [1.165, 1.54) is 60.7 Å². The molecule has 144 valence electrons. The third-order valence-electron chi connectivity index (χ3n) is 5.39. The summed E-state index contributed by atoms with van der Waals surface area (Å²) in [5.74, 6) is -1.90. The minimum Gasteiger partial charge on any atom is -0.444 e. The summed E-state index contributed by atoms with van der Waals surface area (Å²) >= 11 is 0. The molecule has 0 saturated carbocycles. The van der Waals surface area contributed by atoms with E-state index in [1.807, 2.05) is 0 Å². The molecule has 0 aliphatic carbocycles. The molecule has 0 bridgehead atoms. The predicted molar refractivity (Wildman–Crippen MR) is 101 cm³/mol. The summed E-state index contributed by atoms with van der Waals surface area (Å²) in [6.45, 7) is 0. The lowest BCUT2D eigenvalue weighted by Crippen LogP contribution is -2.40. The molecule has 0 spiro atoms. The maximum absolute atomic E-state index is 13.9. The third-order valence-corrected chi connectivity index (χ3v) is 5.39. The lowest BCUT2D eigenvalue weighted by atomic mass is 9.79. The van der Waals surface area contributed by atoms with Gasteiger partial charge in [-0.3, -0.25) is 0 Å². The minimum absolute atomic E-state index is 0.189. The van der Waals surface area contributed by atoms with Crippen LogP contribution in [0.25, 0.3) is 10.9 Å². The Kier molecular flexibility index (Phi) is 3.77. The minimum atomic E-state index is -1.30. The van der Waals surface area contributed by atoms with Crippen LogP contribution in [0.2, 0.25) is 0 Å². The number of carbonyl (C=O) groups excluding carboxylic acids is 1. The van der Waals surface area contributed by atoms with Crippen molar-refractivity contribution in [2.75, 3.05) is 0 Å². The molecule has 3 nitrogen and oxygen atoms in total. The van der Waals surface area contributed by atoms with Crippen molar-refractivity contribution >= 4 is 16.9 Å². The molecule has 6 heteroatoms. The summed E-state index contributed by atoms with van der Waals surface area (Å²) in [5.41, 5.74) is 1.25. The molecule has 1 N–H and O–H groups in total. The van der Waals surface area contributed by atoms with Crippen molar-refractivity contribution in [1.29, 1.82) is 0 Å². The van der Waals surface area contributed by atoms with E-state index in [0.29, 0.717) is 27.6 Å². The molecular formula is C23H14F3NO2. The number of esters is 1. The van der Waals surface area contributed by atoms with E-state index in [0.717, 1.165) is 0 Å². The van der Waals surface area contributed by atoms with E-state index in [-0.39, 0.29) is 12.1 Å². The molecule has 1 aliphatic heterocycles. The first-order valence-electron chi connectivity index (χ1n) is 9.02. The van der Waals surface area contributed by atoms with Crippen LogP contribution in [0.1, 0.15) is 27.2 Å². The first kappa shape index (κ1) is 17.6. The molecule has 2 heterocycles. The van der Waals surface area contributed by atoms with Gasteiger partial charge in [0.1, 0.15) is 23.1 Å². The van der Waals surface area contributed by atoms with Crippen molar-refractivity contribution in [2.24, 2.45) is 0 Å². The normalized spacial score (nSPS) is 15.2. The number of halogens is 3. The van der Waals surface area contributed by atoms with Crippen molar-refractivity contribution in [1.82, 2.24) is 4.98 Å². The Labute approximate surface area is 163 Å². The van der Waals surface area contributed by atoms with Gasteiger partial charge in [-0.1, -0.05) is 24.3 Å². The smallest absolute Gasteiger partial charge is 0.356 e. The average Bonchev–Trinajstić information content (AvgIpc) is 3.07. The van der Waals surface area contributed by atoms with Crippen molar-refractivity contribution in [3.63, 3.8) is 0 Å². The lowest BCUT2D eigenvalue weighted by molar-refractivity contribution is -0.00795. The fourth-order valence-corrected chi connectivity index (χ4v) is 4.00. The Bertz CT molecular complexity index is 1200. The van der Waals surface area contributed by atoms with Crippen LogP contribution in [0.5, 0.6) is 0 Å². The molecule has 0 atom stereocenters. The van der Waals surface area contributed by atoms with Gasteiger partial charge in [-0.25, -0.2) is 18.0 Å². The highest BCUT2D eigenvalue weighted by Crippen LogP contribution is 2.44. The predicted octanol–water partition coefficient (Wildman–Crippen LogP) is 5.24. The second-order valence-electron chi connectivity index (χ2n) is 7.08. The summed E-state index contributed by atoms with van der Waals surface area (Å²) in [6.07, 6.45) is 0.189. The Hall–Kier alpha value is -3.54. The molecule has 1 aromatic heterocycles. The van der Waals surface area contributed by atoms with Gasteiger partial charge < -0.3 is 9.72 Å². The lowest BCUT2D eigenvalue weighted by Gasteiger charge is -2.37. The SMILES string of the molecule is O=C1OC(c2ccc(F)cc2)(c2ccc(F)cc2)Cc2c1[nH]c1ccc(F)cc21. The Morgan fingerprint density at radius 1 is 0.793 bits per heavy atom. The average molecular weight is 393 g/mol. The molecule has 4 aromatic rings. The van der Waals surface area contributed by atoms with Crippen LogP contribution < -0.4 is 0 Å². The van der Waals surface area contributed by atoms with Gasteiger partial charge in [-0.05, 0) is 48.0 Å². The number of ether oxygens (including phenoxy) is 1. The molecule has 0 fully saturated rings. The van der Waals surface area contributed by atoms with Crippen LogP contribution in [0, 0.1) is 17.5 Å². The maximum Gasteiger partial charge on any atom is 0.356 e. The zero-order chi connectivity index (χ0) is 20.2. The van der Waals surface area contributed by atoms with Crippen LogP contribution in [0.3, 0.4) is 0 Å². The molecule has 1 aliphatic rings. The largest absolute Gasteiger partial charge is 0.444 e. The Balaban J connectivity index is 1.77. The van der Waals surface area contributed by atoms with Crippen molar-refractivity contribution in [3.8, 4) is 0 Å². The van der Waals surface area contributed by atoms with Crippen LogP contribution in [-0.2, 0) is 16.8 Å². The van der Waals surface area contributed by atoms with Gasteiger partial charge in [0.05, 0.1) is 0 Å². The number of aromatic amines is 1. The van der Waals surface area contributed by atoms with Gasteiger partial charge >= 0.3 is 5.97 Å². The van der Waals surface area contributed by atoms with E-state index < -0.39 is 29.0 Å². The summed E-state index contributed by atoms with van der Waals surface area (Å²) < 4.78 is 46.9. The van der Waals surface area contributed by atoms with Crippen LogP contribution in [0.15, 0.2) is 66.7 Å². The van der Waals surface area contributed by atoms with E-state index >= 15 is 0 Å². The van der Waals surface area contributed by atoms with Gasteiger partial charge in [0.2, 0.25) is 0 Å². The summed E-state index contributed by atoms with van der Waals surface area (Å²) in [5, 5.41) is 0.574. The number of cyclic esters (lactones) is 1. The molecular weight excluding hydrogens is 379 g/mol. The fraction of sp³-hybridized carbons (Fsp3) is 0.0870. The second kappa shape index (κ2) is 6.24. The zero-order valence-electron chi connectivity index (χ0n) is 15.0. The summed E-state index contributed by atoms with van der Waals surface area (Å²) in [4.78, 5) is 15.9. The summed E-state index contributed by atoms with van der Waals surface area (Å²) in [6, 6.07) is 15.5. The van der Waals surface area contributed by atoms with Crippen LogP contribution in [0.4, 0.5) is 13.2 Å². The molecule has 0 radical (unpaired) electrons. The van der Waals surface area contributed by atoms with Crippen LogP contribution in [-0.4, -0.2) is 11.0 Å². The van der Waals surface area contributed by atoms with Gasteiger partial charge in [0.15, 0.2) is 5.60 Å². The van der Waals surface area contributed by atoms with E-state index in [4.69, 9.17) is 4.74 Å². The third kappa shape index (κ3) is 2.71. The first-order valence-corrected chi connectivity index (χ1v) is 9.02. The number of carbonyl (C=O) groups is 1. The van der Waals surface area contributed by atoms with Gasteiger partial charge in [-0.15, -0.1) is 0 Å². The number of fused-ring (bicyclic) bond motifs is 3. The number of rotatable bonds is 2. The highest BCUT2D eigenvalue weighted by molar-refractivity contribution is 6.00. The van der Waals surface area contributed by atoms with Gasteiger partial charge in [0, 0.05) is 28.5 Å². The topological polar surface area (TPSA) is 42.1 Å². The quantitative estimate of drug-likeness (QED) is 0.473. The van der Waals surface area contributed by atoms with Crippen molar-refractivity contribution in [3.05, 3.63) is 107 Å². The number of nitrogens with one attached hydrogen (secondary N) is 1. The second-order valence-corrected chi connectivity index (χ2v) is 7.08. The molecule has 0 unspecified atom stereocenters. The molecule has 29 heavy (non-hydrogen) atoms. The first-order chi connectivity index (χ1) is 14.0. The van der Waals surface area contributed by atoms with Gasteiger partial charge in [-0.2, -0.15) is 0 Å². The number of hydrogen-bond donors (Lipinski definition) is 1. The van der Waals surface area contributed by atoms with E-state index in [2.05, 4.69) is 4.98 Å². The monoisotopic (exact) mass is 393 g/mol. The number of H-pyrrole nitrogens is 1. The molecule has 0 amide bonds. The van der Waals surface area contributed by atoms with Crippen molar-refractivity contribution in [2.45, 2.75) is 12.0 Å². The van der Waals surface area contributed by atoms with E-state index in [9.17, 15) is 18.0 Å². The number of benzene rings is 3. The molecule has 3 aromatic carbocycles. The van der Waals surface area contributed by atoms with Crippen molar-refractivity contribution < 1.29 is 22.7 Å².